The molecule has 4 rings (SSSR count). The molecule has 0 spiro atoms. The molecule has 2 aromatic heterocycles. The minimum Gasteiger partial charge on any atom is -0.488 e. The third-order valence-electron chi connectivity index (χ3n) is 4.73. The lowest BCUT2D eigenvalue weighted by Crippen LogP contribution is -2.39. The number of likely N-dealkylation sites (tertiary alicyclic amines) is 1. The lowest BCUT2D eigenvalue weighted by Gasteiger charge is -2.18. The van der Waals surface area contributed by atoms with Crippen LogP contribution in [0.1, 0.15) is 19.8 Å². The van der Waals surface area contributed by atoms with E-state index in [2.05, 4.69) is 20.4 Å². The number of benzene rings is 1. The molecule has 1 aromatic carbocycles. The molecule has 3 aromatic rings. The summed E-state index contributed by atoms with van der Waals surface area (Å²) in [5.74, 6) is 1.55. The van der Waals surface area contributed by atoms with Crippen molar-refractivity contribution >= 4 is 6.03 Å². The minimum absolute atomic E-state index is 0.0369. The number of amides is 2. The van der Waals surface area contributed by atoms with E-state index in [4.69, 9.17) is 9.26 Å². The van der Waals surface area contributed by atoms with E-state index in [1.807, 2.05) is 43.3 Å². The average Bonchev–Trinajstić information content (AvgIpc) is 3.43. The molecule has 1 unspecified atom stereocenters. The van der Waals surface area contributed by atoms with Crippen molar-refractivity contribution in [2.75, 3.05) is 19.6 Å². The number of nitrogens with zero attached hydrogens (tertiary/aromatic N) is 4. The lowest BCUT2D eigenvalue weighted by molar-refractivity contribution is 0.187. The summed E-state index contributed by atoms with van der Waals surface area (Å²) in [6.45, 7) is 3.94. The third-order valence-corrected chi connectivity index (χ3v) is 4.73. The van der Waals surface area contributed by atoms with Crippen LogP contribution in [0.15, 0.2) is 53.3 Å². The Hall–Kier alpha value is -3.42. The fourth-order valence-electron chi connectivity index (χ4n) is 3.23. The van der Waals surface area contributed by atoms with E-state index in [1.165, 1.54) is 0 Å². The second-order valence-corrected chi connectivity index (χ2v) is 6.86. The van der Waals surface area contributed by atoms with Crippen LogP contribution in [0, 0.1) is 0 Å². The molecule has 150 valence electrons. The maximum Gasteiger partial charge on any atom is 0.317 e. The molecule has 8 heteroatoms. The molecule has 1 atom stereocenters. The van der Waals surface area contributed by atoms with Gasteiger partial charge < -0.3 is 19.5 Å². The maximum absolute atomic E-state index is 12.1. The predicted octanol–water partition coefficient (Wildman–Crippen LogP) is 3.37. The van der Waals surface area contributed by atoms with Gasteiger partial charge in [-0.2, -0.15) is 4.98 Å². The highest BCUT2D eigenvalue weighted by atomic mass is 16.5. The Morgan fingerprint density at radius 3 is 2.93 bits per heavy atom. The first-order chi connectivity index (χ1) is 14.2. The van der Waals surface area contributed by atoms with Crippen molar-refractivity contribution in [1.29, 1.82) is 0 Å². The molecule has 1 aliphatic rings. The molecule has 8 nitrogen and oxygen atoms in total. The van der Waals surface area contributed by atoms with Gasteiger partial charge in [0.25, 0.3) is 5.89 Å². The van der Waals surface area contributed by atoms with Crippen LogP contribution in [0.25, 0.3) is 22.8 Å². The summed E-state index contributed by atoms with van der Waals surface area (Å²) in [5.41, 5.74) is 1.56. The Bertz CT molecular complexity index is 960. The number of urea groups is 1. The van der Waals surface area contributed by atoms with Gasteiger partial charge in [0.05, 0.1) is 12.1 Å². The first-order valence-corrected chi connectivity index (χ1v) is 9.77. The Morgan fingerprint density at radius 2 is 2.10 bits per heavy atom. The van der Waals surface area contributed by atoms with E-state index in [9.17, 15) is 4.79 Å². The van der Waals surface area contributed by atoms with E-state index >= 15 is 0 Å². The monoisotopic (exact) mass is 393 g/mol. The number of rotatable bonds is 6. The summed E-state index contributed by atoms with van der Waals surface area (Å²) in [7, 11) is 0. The summed E-state index contributed by atoms with van der Waals surface area (Å²) >= 11 is 0. The summed E-state index contributed by atoms with van der Waals surface area (Å²) in [6.07, 6.45) is 4.99. The normalized spacial score (nSPS) is 16.0. The van der Waals surface area contributed by atoms with Crippen molar-refractivity contribution in [1.82, 2.24) is 25.3 Å². The van der Waals surface area contributed by atoms with Crippen molar-refractivity contribution in [3.05, 3.63) is 48.8 Å². The first-order valence-electron chi connectivity index (χ1n) is 9.77. The van der Waals surface area contributed by atoms with E-state index < -0.39 is 0 Å². The molecular weight excluding hydrogens is 370 g/mol. The molecule has 0 radical (unpaired) electrons. The van der Waals surface area contributed by atoms with Gasteiger partial charge in [0, 0.05) is 37.5 Å². The molecule has 1 aliphatic heterocycles. The Morgan fingerprint density at radius 1 is 1.28 bits per heavy atom. The van der Waals surface area contributed by atoms with Gasteiger partial charge in [-0.05, 0) is 30.7 Å². The Balaban J connectivity index is 1.47. The predicted molar refractivity (Wildman–Crippen MR) is 107 cm³/mol. The van der Waals surface area contributed by atoms with E-state index in [0.717, 1.165) is 24.0 Å². The van der Waals surface area contributed by atoms with E-state index in [-0.39, 0.29) is 12.1 Å². The Labute approximate surface area is 168 Å². The van der Waals surface area contributed by atoms with Crippen LogP contribution in [-0.4, -0.2) is 51.8 Å². The molecule has 0 saturated carbocycles. The average molecular weight is 393 g/mol. The van der Waals surface area contributed by atoms with Crippen LogP contribution in [-0.2, 0) is 0 Å². The van der Waals surface area contributed by atoms with Gasteiger partial charge in [-0.3, -0.25) is 4.98 Å². The highest BCUT2D eigenvalue weighted by Crippen LogP contribution is 2.31. The zero-order valence-electron chi connectivity index (χ0n) is 16.2. The zero-order chi connectivity index (χ0) is 20.1. The number of pyridine rings is 1. The zero-order valence-corrected chi connectivity index (χ0v) is 16.2. The standard InChI is InChI=1S/C21H23N5O3/c1-2-10-23-21(27)26-13-9-16(14-26)28-18-6-4-3-5-17(18)20-24-19(25-29-20)15-7-11-22-12-8-15/h3-8,11-12,16H,2,9-10,13-14H2,1H3,(H,23,27). The number of para-hydroxylation sites is 1. The quantitative estimate of drug-likeness (QED) is 0.690. The summed E-state index contributed by atoms with van der Waals surface area (Å²) in [4.78, 5) is 22.4. The number of nitrogens with one attached hydrogen (secondary N) is 1. The molecule has 1 N–H and O–H groups in total. The number of aromatic nitrogens is 3. The molecule has 1 saturated heterocycles. The van der Waals surface area contributed by atoms with Gasteiger partial charge in [0.1, 0.15) is 11.9 Å². The van der Waals surface area contributed by atoms with Gasteiger partial charge >= 0.3 is 6.03 Å². The van der Waals surface area contributed by atoms with Gasteiger partial charge in [0.15, 0.2) is 0 Å². The molecule has 29 heavy (non-hydrogen) atoms. The smallest absolute Gasteiger partial charge is 0.317 e. The van der Waals surface area contributed by atoms with Crippen molar-refractivity contribution in [2.24, 2.45) is 0 Å². The van der Waals surface area contributed by atoms with Crippen molar-refractivity contribution < 1.29 is 14.1 Å². The first kappa shape index (κ1) is 18.9. The number of ether oxygens (including phenoxy) is 1. The van der Waals surface area contributed by atoms with Gasteiger partial charge in [-0.25, -0.2) is 4.79 Å². The van der Waals surface area contributed by atoms with Gasteiger partial charge in [-0.15, -0.1) is 0 Å². The number of carbonyl (C=O) groups excluding carboxylic acids is 1. The van der Waals surface area contributed by atoms with Gasteiger partial charge in [0.2, 0.25) is 5.82 Å². The van der Waals surface area contributed by atoms with E-state index in [1.54, 1.807) is 17.3 Å². The summed E-state index contributed by atoms with van der Waals surface area (Å²) < 4.78 is 11.7. The topological polar surface area (TPSA) is 93.4 Å². The third kappa shape index (κ3) is 4.37. The van der Waals surface area contributed by atoms with Crippen LogP contribution >= 0.6 is 0 Å². The second kappa shape index (κ2) is 8.72. The van der Waals surface area contributed by atoms with Crippen LogP contribution in [0.4, 0.5) is 4.79 Å². The number of hydrogen-bond donors (Lipinski definition) is 1. The molecule has 1 fully saturated rings. The maximum atomic E-state index is 12.1. The molecule has 0 bridgehead atoms. The van der Waals surface area contributed by atoms with Gasteiger partial charge in [-0.1, -0.05) is 24.2 Å². The summed E-state index contributed by atoms with van der Waals surface area (Å²) in [6, 6.07) is 11.2. The van der Waals surface area contributed by atoms with Crippen molar-refractivity contribution in [3.8, 4) is 28.6 Å². The number of hydrogen-bond acceptors (Lipinski definition) is 6. The molecule has 2 amide bonds. The van der Waals surface area contributed by atoms with Crippen LogP contribution in [0.5, 0.6) is 5.75 Å². The van der Waals surface area contributed by atoms with Crippen molar-refractivity contribution in [2.45, 2.75) is 25.9 Å². The van der Waals surface area contributed by atoms with Crippen LogP contribution < -0.4 is 10.1 Å². The van der Waals surface area contributed by atoms with Crippen LogP contribution in [0.2, 0.25) is 0 Å². The fraction of sp³-hybridized carbons (Fsp3) is 0.333. The fourth-order valence-corrected chi connectivity index (χ4v) is 3.23. The lowest BCUT2D eigenvalue weighted by atomic mass is 10.2. The highest BCUT2D eigenvalue weighted by Gasteiger charge is 2.28. The van der Waals surface area contributed by atoms with Crippen molar-refractivity contribution in [3.63, 3.8) is 0 Å². The largest absolute Gasteiger partial charge is 0.488 e. The SMILES string of the molecule is CCCNC(=O)N1CCC(Oc2ccccc2-c2nc(-c3ccncc3)no2)C1. The Kier molecular flexibility index (Phi) is 5.69. The van der Waals surface area contributed by atoms with Crippen LogP contribution in [0.3, 0.4) is 0 Å². The molecule has 3 heterocycles. The highest BCUT2D eigenvalue weighted by molar-refractivity contribution is 5.74. The van der Waals surface area contributed by atoms with E-state index in [0.29, 0.717) is 37.1 Å². The molecular formula is C21H23N5O3. The number of carbonyl (C=O) groups is 1. The second-order valence-electron chi connectivity index (χ2n) is 6.86. The minimum atomic E-state index is -0.0777. The summed E-state index contributed by atoms with van der Waals surface area (Å²) in [5, 5.41) is 6.98. The molecule has 0 aliphatic carbocycles.